The lowest BCUT2D eigenvalue weighted by molar-refractivity contribution is 0.0306. The highest BCUT2D eigenvalue weighted by atomic mass is 35.5. The maximum atomic E-state index is 7.19. The predicted molar refractivity (Wildman–Crippen MR) is 189 cm³/mol. The average Bonchev–Trinajstić information content (AvgIpc) is 3.81. The van der Waals surface area contributed by atoms with Gasteiger partial charge >= 0.3 is 0 Å². The zero-order valence-corrected chi connectivity index (χ0v) is 29.5. The Morgan fingerprint density at radius 2 is 0.872 bits per heavy atom. The fraction of sp³-hybridized carbons (Fsp3) is 0.368. The van der Waals surface area contributed by atoms with Gasteiger partial charge in [0.1, 0.15) is 35.2 Å². The van der Waals surface area contributed by atoms with Crippen LogP contribution < -0.4 is 18.9 Å². The van der Waals surface area contributed by atoms with Crippen LogP contribution in [0.2, 0.25) is 20.1 Å². The number of rotatable bonds is 12. The van der Waals surface area contributed by atoms with Crippen molar-refractivity contribution in [1.82, 2.24) is 0 Å². The van der Waals surface area contributed by atoms with Gasteiger partial charge in [0.05, 0.1) is 36.5 Å². The summed E-state index contributed by atoms with van der Waals surface area (Å²) < 4.78 is 30.9. The number of hydrogen-bond donors (Lipinski definition) is 0. The molecule has 2 fully saturated rings. The van der Waals surface area contributed by atoms with Gasteiger partial charge in [0, 0.05) is 21.2 Å². The topological polar surface area (TPSA) is 46.2 Å². The Kier molecular flexibility index (Phi) is 11.3. The van der Waals surface area contributed by atoms with Crippen LogP contribution in [0.25, 0.3) is 0 Å². The highest BCUT2D eigenvalue weighted by Gasteiger charge is 2.32. The van der Waals surface area contributed by atoms with Crippen molar-refractivity contribution in [2.24, 2.45) is 0 Å². The Morgan fingerprint density at radius 3 is 1.21 bits per heavy atom. The summed E-state index contributed by atoms with van der Waals surface area (Å²) in [5.41, 5.74) is 2.77. The standard InChI is InChI=1S/C38H38Cl4O5/c1-43-25-15-11-23(12-16-25)37(33-29(39)19-21-31(35(33)41)45-27-7-3-4-8-27)47-38(24-13-17-26(44-2)18-14-24)34-30(40)20-22-32(36(34)42)46-28-9-5-6-10-28/h11-22,27-28,37-38H,3-10H2,1-2H3. The molecule has 4 aromatic carbocycles. The van der Waals surface area contributed by atoms with Gasteiger partial charge in [-0.05, 0) is 111 Å². The van der Waals surface area contributed by atoms with Gasteiger partial charge in [-0.3, -0.25) is 0 Å². The molecule has 0 N–H and O–H groups in total. The molecule has 5 nitrogen and oxygen atoms in total. The maximum Gasteiger partial charge on any atom is 0.138 e. The van der Waals surface area contributed by atoms with Gasteiger partial charge in [0.2, 0.25) is 0 Å². The number of halogens is 4. The van der Waals surface area contributed by atoms with Crippen molar-refractivity contribution < 1.29 is 23.7 Å². The van der Waals surface area contributed by atoms with Crippen molar-refractivity contribution >= 4 is 46.4 Å². The predicted octanol–water partition coefficient (Wildman–Crippen LogP) is 11.9. The van der Waals surface area contributed by atoms with E-state index in [0.29, 0.717) is 54.2 Å². The molecule has 0 heterocycles. The van der Waals surface area contributed by atoms with Crippen LogP contribution in [0.15, 0.2) is 72.8 Å². The monoisotopic (exact) mass is 714 g/mol. The van der Waals surface area contributed by atoms with Crippen molar-refractivity contribution in [2.75, 3.05) is 14.2 Å². The van der Waals surface area contributed by atoms with E-state index in [4.69, 9.17) is 70.1 Å². The second-order valence-electron chi connectivity index (χ2n) is 12.0. The molecule has 2 atom stereocenters. The minimum absolute atomic E-state index is 0.106. The molecule has 2 aliphatic carbocycles. The van der Waals surface area contributed by atoms with E-state index in [1.54, 1.807) is 14.2 Å². The Hall–Kier alpha value is -2.80. The maximum absolute atomic E-state index is 7.19. The van der Waals surface area contributed by atoms with Gasteiger partial charge in [0.15, 0.2) is 0 Å². The van der Waals surface area contributed by atoms with Crippen LogP contribution >= 0.6 is 46.4 Å². The second-order valence-corrected chi connectivity index (χ2v) is 13.6. The van der Waals surface area contributed by atoms with Gasteiger partial charge in [-0.1, -0.05) is 70.7 Å². The van der Waals surface area contributed by atoms with E-state index in [2.05, 4.69) is 0 Å². The van der Waals surface area contributed by atoms with Gasteiger partial charge in [0.25, 0.3) is 0 Å². The fourth-order valence-corrected chi connectivity index (χ4v) is 7.68. The zero-order chi connectivity index (χ0) is 32.9. The molecule has 0 bridgehead atoms. The number of ether oxygens (including phenoxy) is 5. The lowest BCUT2D eigenvalue weighted by Crippen LogP contribution is -2.17. The summed E-state index contributed by atoms with van der Waals surface area (Å²) >= 11 is 28.4. The van der Waals surface area contributed by atoms with Gasteiger partial charge in [-0.2, -0.15) is 0 Å². The van der Waals surface area contributed by atoms with Gasteiger partial charge in [-0.15, -0.1) is 0 Å². The van der Waals surface area contributed by atoms with Crippen molar-refractivity contribution in [3.05, 3.63) is 115 Å². The molecular weight excluding hydrogens is 678 g/mol. The lowest BCUT2D eigenvalue weighted by Gasteiger charge is -2.30. The highest BCUT2D eigenvalue weighted by Crippen LogP contribution is 2.49. The third kappa shape index (κ3) is 7.76. The second kappa shape index (κ2) is 15.6. The molecule has 0 amide bonds. The van der Waals surface area contributed by atoms with Crippen molar-refractivity contribution in [3.8, 4) is 23.0 Å². The quantitative estimate of drug-likeness (QED) is 0.146. The third-order valence-corrected chi connectivity index (χ3v) is 10.4. The minimum atomic E-state index is -0.758. The van der Waals surface area contributed by atoms with E-state index >= 15 is 0 Å². The normalized spacial score (nSPS) is 16.6. The molecule has 0 saturated heterocycles. The average molecular weight is 717 g/mol. The summed E-state index contributed by atoms with van der Waals surface area (Å²) in [7, 11) is 3.26. The first-order valence-corrected chi connectivity index (χ1v) is 17.6. The van der Waals surface area contributed by atoms with E-state index < -0.39 is 12.2 Å². The van der Waals surface area contributed by atoms with E-state index in [-0.39, 0.29) is 12.2 Å². The van der Waals surface area contributed by atoms with Crippen LogP contribution in [-0.2, 0) is 4.74 Å². The minimum Gasteiger partial charge on any atom is -0.497 e. The smallest absolute Gasteiger partial charge is 0.138 e. The largest absolute Gasteiger partial charge is 0.497 e. The molecule has 248 valence electrons. The number of methoxy groups -OCH3 is 2. The lowest BCUT2D eigenvalue weighted by atomic mass is 9.97. The number of benzene rings is 4. The SMILES string of the molecule is COc1ccc(C(OC(c2ccc(OC)cc2)c2c(Cl)ccc(OC3CCCC3)c2Cl)c2c(Cl)ccc(OC3CCCC3)c2Cl)cc1. The van der Waals surface area contributed by atoms with Crippen LogP contribution in [0.1, 0.15) is 85.8 Å². The molecule has 9 heteroatoms. The molecule has 6 rings (SSSR count). The first-order chi connectivity index (χ1) is 22.9. The molecule has 4 aromatic rings. The van der Waals surface area contributed by atoms with Crippen molar-refractivity contribution in [1.29, 1.82) is 0 Å². The molecule has 47 heavy (non-hydrogen) atoms. The molecule has 2 saturated carbocycles. The highest BCUT2D eigenvalue weighted by molar-refractivity contribution is 6.37. The summed E-state index contributed by atoms with van der Waals surface area (Å²) in [5.74, 6) is 2.56. The zero-order valence-electron chi connectivity index (χ0n) is 26.4. The van der Waals surface area contributed by atoms with Crippen LogP contribution in [0.4, 0.5) is 0 Å². The summed E-state index contributed by atoms with van der Waals surface area (Å²) in [6.45, 7) is 0. The van der Waals surface area contributed by atoms with Crippen LogP contribution in [0.5, 0.6) is 23.0 Å². The van der Waals surface area contributed by atoms with E-state index in [9.17, 15) is 0 Å². The number of hydrogen-bond acceptors (Lipinski definition) is 5. The first kappa shape index (κ1) is 34.1. The third-order valence-electron chi connectivity index (χ3n) is 9.01. The first-order valence-electron chi connectivity index (χ1n) is 16.1. The molecule has 2 unspecified atom stereocenters. The molecule has 0 spiro atoms. The van der Waals surface area contributed by atoms with Crippen LogP contribution in [0, 0.1) is 0 Å². The van der Waals surface area contributed by atoms with E-state index in [1.807, 2.05) is 72.8 Å². The Bertz CT molecular complexity index is 1530. The Balaban J connectivity index is 1.49. The summed E-state index contributed by atoms with van der Waals surface area (Å²) in [6.07, 6.45) is 7.19. The molecule has 0 aliphatic heterocycles. The van der Waals surface area contributed by atoms with Crippen LogP contribution in [0.3, 0.4) is 0 Å². The Labute approximate surface area is 296 Å². The summed E-state index contributed by atoms with van der Waals surface area (Å²) in [5, 5.41) is 1.68. The van der Waals surface area contributed by atoms with Gasteiger partial charge in [-0.25, -0.2) is 0 Å². The molecule has 2 aliphatic rings. The molecule has 0 aromatic heterocycles. The summed E-state index contributed by atoms with van der Waals surface area (Å²) in [4.78, 5) is 0. The Morgan fingerprint density at radius 1 is 0.511 bits per heavy atom. The van der Waals surface area contributed by atoms with Crippen molar-refractivity contribution in [3.63, 3.8) is 0 Å². The van der Waals surface area contributed by atoms with Crippen LogP contribution in [-0.4, -0.2) is 26.4 Å². The molecule has 0 radical (unpaired) electrons. The summed E-state index contributed by atoms with van der Waals surface area (Å²) in [6, 6.07) is 22.6. The fourth-order valence-electron chi connectivity index (χ4n) is 6.45. The van der Waals surface area contributed by atoms with E-state index in [0.717, 1.165) is 62.5 Å². The van der Waals surface area contributed by atoms with Crippen molar-refractivity contribution in [2.45, 2.75) is 75.8 Å². The van der Waals surface area contributed by atoms with Gasteiger partial charge < -0.3 is 23.7 Å². The molecular formula is C38H38Cl4O5. The van der Waals surface area contributed by atoms with E-state index in [1.165, 1.54) is 0 Å².